The van der Waals surface area contributed by atoms with E-state index in [1.165, 1.54) is 0 Å². The topological polar surface area (TPSA) is 71.4 Å². The summed E-state index contributed by atoms with van der Waals surface area (Å²) in [6.07, 6.45) is 1.11. The Kier molecular flexibility index (Phi) is 5.69. The Morgan fingerprint density at radius 2 is 1.66 bits per heavy atom. The summed E-state index contributed by atoms with van der Waals surface area (Å²) in [5.41, 5.74) is 5.38. The van der Waals surface area contributed by atoms with Crippen molar-refractivity contribution in [2.45, 2.75) is 27.3 Å². The number of sulfonamides is 1. The minimum atomic E-state index is -3.63. The molecule has 166 valence electrons. The maximum Gasteiger partial charge on any atom is 0.245 e. The number of nitrogens with one attached hydrogen (secondary N) is 1. The summed E-state index contributed by atoms with van der Waals surface area (Å²) in [7, 11) is -3.63. The molecule has 0 unspecified atom stereocenters. The monoisotopic (exact) mass is 449 g/mol. The van der Waals surface area contributed by atoms with Crippen LogP contribution in [0.25, 0.3) is 21.8 Å². The first-order chi connectivity index (χ1) is 15.2. The molecule has 0 aliphatic heterocycles. The van der Waals surface area contributed by atoms with Crippen LogP contribution in [-0.4, -0.2) is 31.7 Å². The minimum Gasteiger partial charge on any atom is -0.341 e. The number of fused-ring (bicyclic) bond motifs is 3. The predicted octanol–water partition coefficient (Wildman–Crippen LogP) is 4.84. The first kappa shape index (κ1) is 21.9. The number of carbonyl (C=O) groups is 1. The third-order valence-electron chi connectivity index (χ3n) is 5.84. The van der Waals surface area contributed by atoms with E-state index in [2.05, 4.69) is 28.9 Å². The smallest absolute Gasteiger partial charge is 0.245 e. The van der Waals surface area contributed by atoms with Gasteiger partial charge in [0.1, 0.15) is 6.54 Å². The molecule has 1 aromatic heterocycles. The van der Waals surface area contributed by atoms with Crippen LogP contribution < -0.4 is 9.62 Å². The lowest BCUT2D eigenvalue weighted by atomic mass is 10.1. The Labute approximate surface area is 188 Å². The number of nitrogens with zero attached hydrogens (tertiary/aromatic N) is 2. The molecule has 1 heterocycles. The molecule has 0 spiro atoms. The molecule has 0 bridgehead atoms. The Hall–Kier alpha value is -3.32. The summed E-state index contributed by atoms with van der Waals surface area (Å²) in [6.45, 7) is 6.53. The van der Waals surface area contributed by atoms with Crippen LogP contribution in [0.15, 0.2) is 60.7 Å². The van der Waals surface area contributed by atoms with E-state index >= 15 is 0 Å². The van der Waals surface area contributed by atoms with Gasteiger partial charge in [0.2, 0.25) is 15.9 Å². The lowest BCUT2D eigenvalue weighted by molar-refractivity contribution is -0.114. The number of amides is 1. The first-order valence-corrected chi connectivity index (χ1v) is 12.4. The highest BCUT2D eigenvalue weighted by Gasteiger charge is 2.21. The van der Waals surface area contributed by atoms with E-state index in [4.69, 9.17) is 0 Å². The van der Waals surface area contributed by atoms with E-state index in [0.29, 0.717) is 11.4 Å². The molecule has 3 aromatic carbocycles. The molecule has 32 heavy (non-hydrogen) atoms. The highest BCUT2D eigenvalue weighted by atomic mass is 32.2. The fourth-order valence-electron chi connectivity index (χ4n) is 4.08. The van der Waals surface area contributed by atoms with Crippen molar-refractivity contribution in [1.82, 2.24) is 4.57 Å². The molecular formula is C25H27N3O3S. The van der Waals surface area contributed by atoms with Crippen LogP contribution in [0.2, 0.25) is 0 Å². The van der Waals surface area contributed by atoms with Gasteiger partial charge in [0.25, 0.3) is 0 Å². The van der Waals surface area contributed by atoms with Gasteiger partial charge in [-0.15, -0.1) is 0 Å². The average molecular weight is 450 g/mol. The standard InChI is InChI=1S/C25H27N3O3S/c1-5-27-23-9-7-6-8-21(23)22-15-19(11-13-24(22)27)26-25(29)16-28(32(4,30)31)20-12-10-17(2)18(3)14-20/h6-15H,5,16H2,1-4H3,(H,26,29). The molecule has 0 radical (unpaired) electrons. The number of hydrogen-bond acceptors (Lipinski definition) is 3. The van der Waals surface area contributed by atoms with Crippen LogP contribution in [0.4, 0.5) is 11.4 Å². The molecule has 6 nitrogen and oxygen atoms in total. The van der Waals surface area contributed by atoms with Gasteiger partial charge in [-0.1, -0.05) is 24.3 Å². The first-order valence-electron chi connectivity index (χ1n) is 10.5. The molecule has 0 saturated carbocycles. The number of benzene rings is 3. The molecular weight excluding hydrogens is 422 g/mol. The number of aromatic nitrogens is 1. The predicted molar refractivity (Wildman–Crippen MR) is 132 cm³/mol. The number of para-hydroxylation sites is 1. The van der Waals surface area contributed by atoms with Gasteiger partial charge in [0.15, 0.2) is 0 Å². The summed E-state index contributed by atoms with van der Waals surface area (Å²) < 4.78 is 28.2. The second kappa shape index (κ2) is 8.31. The Morgan fingerprint density at radius 3 is 2.34 bits per heavy atom. The van der Waals surface area contributed by atoms with Gasteiger partial charge in [0, 0.05) is 34.0 Å². The van der Waals surface area contributed by atoms with Gasteiger partial charge >= 0.3 is 0 Å². The van der Waals surface area contributed by atoms with E-state index in [9.17, 15) is 13.2 Å². The second-order valence-corrected chi connectivity index (χ2v) is 9.99. The van der Waals surface area contributed by atoms with E-state index in [0.717, 1.165) is 50.0 Å². The zero-order valence-corrected chi connectivity index (χ0v) is 19.5. The van der Waals surface area contributed by atoms with Crippen LogP contribution in [0.3, 0.4) is 0 Å². The average Bonchev–Trinajstić information content (AvgIpc) is 3.06. The molecule has 0 atom stereocenters. The van der Waals surface area contributed by atoms with Gasteiger partial charge in [-0.25, -0.2) is 8.42 Å². The summed E-state index contributed by atoms with van der Waals surface area (Å²) in [4.78, 5) is 12.8. The summed E-state index contributed by atoms with van der Waals surface area (Å²) >= 11 is 0. The maximum absolute atomic E-state index is 12.8. The lowest BCUT2D eigenvalue weighted by Gasteiger charge is -2.22. The SMILES string of the molecule is CCn1c2ccccc2c2cc(NC(=O)CN(c3ccc(C)c(C)c3)S(C)(=O)=O)ccc21. The third-order valence-corrected chi connectivity index (χ3v) is 6.98. The fraction of sp³-hybridized carbons (Fsp3) is 0.240. The van der Waals surface area contributed by atoms with Gasteiger partial charge < -0.3 is 9.88 Å². The lowest BCUT2D eigenvalue weighted by Crippen LogP contribution is -2.37. The Bertz CT molecular complexity index is 1440. The van der Waals surface area contributed by atoms with Gasteiger partial charge in [-0.05, 0) is 68.3 Å². The number of hydrogen-bond donors (Lipinski definition) is 1. The van der Waals surface area contributed by atoms with E-state index in [-0.39, 0.29) is 6.54 Å². The van der Waals surface area contributed by atoms with Crippen molar-refractivity contribution < 1.29 is 13.2 Å². The minimum absolute atomic E-state index is 0.296. The number of rotatable bonds is 6. The zero-order valence-electron chi connectivity index (χ0n) is 18.7. The van der Waals surface area contributed by atoms with Crippen LogP contribution in [0, 0.1) is 13.8 Å². The molecule has 1 amide bonds. The van der Waals surface area contributed by atoms with Gasteiger partial charge in [-0.2, -0.15) is 0 Å². The Morgan fingerprint density at radius 1 is 0.938 bits per heavy atom. The van der Waals surface area contributed by atoms with Crippen LogP contribution in [0.1, 0.15) is 18.1 Å². The summed E-state index contributed by atoms with van der Waals surface area (Å²) in [5, 5.41) is 5.04. The molecule has 0 saturated heterocycles. The van der Waals surface area contributed by atoms with E-state index in [1.54, 1.807) is 12.1 Å². The van der Waals surface area contributed by atoms with E-state index in [1.807, 2.05) is 50.2 Å². The Balaban J connectivity index is 1.64. The third kappa shape index (κ3) is 4.08. The number of anilines is 2. The normalized spacial score (nSPS) is 11.8. The zero-order chi connectivity index (χ0) is 23.0. The molecule has 4 aromatic rings. The van der Waals surface area contributed by atoms with Gasteiger partial charge in [-0.3, -0.25) is 9.10 Å². The van der Waals surface area contributed by atoms with Crippen molar-refractivity contribution in [2.75, 3.05) is 22.4 Å². The summed E-state index contributed by atoms with van der Waals surface area (Å²) in [5.74, 6) is -0.396. The summed E-state index contributed by atoms with van der Waals surface area (Å²) in [6, 6.07) is 19.3. The number of carbonyl (C=O) groups excluding carboxylic acids is 1. The maximum atomic E-state index is 12.8. The van der Waals surface area contributed by atoms with Crippen molar-refractivity contribution in [2.24, 2.45) is 0 Å². The van der Waals surface area contributed by atoms with Crippen LogP contribution >= 0.6 is 0 Å². The largest absolute Gasteiger partial charge is 0.341 e. The molecule has 0 fully saturated rings. The number of aryl methyl sites for hydroxylation is 3. The van der Waals surface area contributed by atoms with E-state index < -0.39 is 15.9 Å². The van der Waals surface area contributed by atoms with Crippen molar-refractivity contribution >= 4 is 49.1 Å². The quantitative estimate of drug-likeness (QED) is 0.458. The van der Waals surface area contributed by atoms with Gasteiger partial charge in [0.05, 0.1) is 11.9 Å². The molecule has 4 rings (SSSR count). The van der Waals surface area contributed by atoms with Crippen molar-refractivity contribution in [3.8, 4) is 0 Å². The highest BCUT2D eigenvalue weighted by Crippen LogP contribution is 2.31. The fourth-order valence-corrected chi connectivity index (χ4v) is 4.93. The van der Waals surface area contributed by atoms with Crippen LogP contribution in [0.5, 0.6) is 0 Å². The van der Waals surface area contributed by atoms with Crippen molar-refractivity contribution in [1.29, 1.82) is 0 Å². The highest BCUT2D eigenvalue weighted by molar-refractivity contribution is 7.92. The van der Waals surface area contributed by atoms with Crippen LogP contribution in [-0.2, 0) is 21.4 Å². The molecule has 0 aliphatic carbocycles. The van der Waals surface area contributed by atoms with Crippen molar-refractivity contribution in [3.05, 3.63) is 71.8 Å². The molecule has 1 N–H and O–H groups in total. The molecule has 7 heteroatoms. The second-order valence-electron chi connectivity index (χ2n) is 8.08. The van der Waals surface area contributed by atoms with Crippen molar-refractivity contribution in [3.63, 3.8) is 0 Å². The molecule has 0 aliphatic rings.